The lowest BCUT2D eigenvalue weighted by molar-refractivity contribution is -0.138. The standard InChI is InChI=1S/C19H18FN3O4/c1-19(13-6-4-8-15(11-13)27-2)17(25)23(18(26)21-19)22-16(24)10-12-5-3-7-14(20)9-12/h3-9,11H,10H2,1-2H3,(H,21,26)(H,22,24)/t19-/m1/s1. The largest absolute Gasteiger partial charge is 0.497 e. The highest BCUT2D eigenvalue weighted by Crippen LogP contribution is 2.30. The number of rotatable bonds is 5. The van der Waals surface area contributed by atoms with E-state index in [-0.39, 0.29) is 6.42 Å². The molecule has 0 saturated carbocycles. The first-order chi connectivity index (χ1) is 12.8. The molecule has 0 bridgehead atoms. The van der Waals surface area contributed by atoms with Crippen LogP contribution in [-0.4, -0.2) is 30.0 Å². The molecule has 140 valence electrons. The van der Waals surface area contributed by atoms with Gasteiger partial charge in [-0.15, -0.1) is 0 Å². The van der Waals surface area contributed by atoms with Gasteiger partial charge in [-0.2, -0.15) is 5.01 Å². The monoisotopic (exact) mass is 371 g/mol. The number of methoxy groups -OCH3 is 1. The summed E-state index contributed by atoms with van der Waals surface area (Å²) in [5.41, 5.74) is 1.87. The van der Waals surface area contributed by atoms with Gasteiger partial charge in [-0.05, 0) is 42.3 Å². The van der Waals surface area contributed by atoms with Gasteiger partial charge in [-0.1, -0.05) is 24.3 Å². The number of hydrogen-bond acceptors (Lipinski definition) is 4. The molecule has 2 N–H and O–H groups in total. The van der Waals surface area contributed by atoms with E-state index in [1.165, 1.54) is 25.3 Å². The number of carbonyl (C=O) groups excluding carboxylic acids is 3. The lowest BCUT2D eigenvalue weighted by Crippen LogP contribution is -2.48. The summed E-state index contributed by atoms with van der Waals surface area (Å²) in [5, 5.41) is 3.22. The Kier molecular flexibility index (Phi) is 4.81. The fraction of sp³-hybridized carbons (Fsp3) is 0.211. The number of hydrogen-bond donors (Lipinski definition) is 2. The number of carbonyl (C=O) groups is 3. The van der Waals surface area contributed by atoms with Crippen LogP contribution in [0.15, 0.2) is 48.5 Å². The highest BCUT2D eigenvalue weighted by atomic mass is 19.1. The van der Waals surface area contributed by atoms with Gasteiger partial charge in [0.1, 0.15) is 17.1 Å². The van der Waals surface area contributed by atoms with E-state index in [9.17, 15) is 18.8 Å². The number of hydrazine groups is 1. The van der Waals surface area contributed by atoms with Gasteiger partial charge in [0.05, 0.1) is 13.5 Å². The lowest BCUT2D eigenvalue weighted by atomic mass is 9.92. The average molecular weight is 371 g/mol. The molecule has 0 radical (unpaired) electrons. The normalized spacial score (nSPS) is 19.0. The Morgan fingerprint density at radius 2 is 1.96 bits per heavy atom. The molecular weight excluding hydrogens is 353 g/mol. The lowest BCUT2D eigenvalue weighted by Gasteiger charge is -2.22. The highest BCUT2D eigenvalue weighted by molar-refractivity contribution is 6.08. The van der Waals surface area contributed by atoms with Crippen LogP contribution < -0.4 is 15.5 Å². The van der Waals surface area contributed by atoms with Crippen molar-refractivity contribution in [2.75, 3.05) is 7.11 Å². The average Bonchev–Trinajstić information content (AvgIpc) is 2.86. The number of nitrogens with one attached hydrogen (secondary N) is 2. The van der Waals surface area contributed by atoms with Crippen molar-refractivity contribution in [1.82, 2.24) is 15.8 Å². The third-order valence-corrected chi connectivity index (χ3v) is 4.33. The molecule has 0 aromatic heterocycles. The number of ether oxygens (including phenoxy) is 1. The maximum Gasteiger partial charge on any atom is 0.344 e. The minimum Gasteiger partial charge on any atom is -0.497 e. The Balaban J connectivity index is 1.76. The fourth-order valence-electron chi connectivity index (χ4n) is 2.87. The van der Waals surface area contributed by atoms with Gasteiger partial charge >= 0.3 is 6.03 Å². The summed E-state index contributed by atoms with van der Waals surface area (Å²) in [6.45, 7) is 1.54. The molecule has 0 unspecified atom stereocenters. The van der Waals surface area contributed by atoms with Gasteiger partial charge in [0.15, 0.2) is 0 Å². The summed E-state index contributed by atoms with van der Waals surface area (Å²) in [4.78, 5) is 37.3. The van der Waals surface area contributed by atoms with Crippen molar-refractivity contribution in [3.63, 3.8) is 0 Å². The molecule has 0 aliphatic carbocycles. The molecule has 2 aromatic carbocycles. The molecule has 3 rings (SSSR count). The van der Waals surface area contributed by atoms with E-state index >= 15 is 0 Å². The Hall–Kier alpha value is -3.42. The number of amides is 4. The summed E-state index contributed by atoms with van der Waals surface area (Å²) in [6, 6.07) is 11.5. The molecule has 27 heavy (non-hydrogen) atoms. The smallest absolute Gasteiger partial charge is 0.344 e. The summed E-state index contributed by atoms with van der Waals surface area (Å²) in [5.74, 6) is -1.18. The van der Waals surface area contributed by atoms with Gasteiger partial charge in [-0.25, -0.2) is 9.18 Å². The maximum atomic E-state index is 13.2. The van der Waals surface area contributed by atoms with Gasteiger partial charge in [0, 0.05) is 0 Å². The number of nitrogens with zero attached hydrogens (tertiary/aromatic N) is 1. The second-order valence-electron chi connectivity index (χ2n) is 6.27. The molecule has 1 saturated heterocycles. The van der Waals surface area contributed by atoms with Crippen LogP contribution in [0.2, 0.25) is 0 Å². The van der Waals surface area contributed by atoms with Crippen LogP contribution in [0.3, 0.4) is 0 Å². The molecule has 0 spiro atoms. The van der Waals surface area contributed by atoms with Crippen molar-refractivity contribution in [2.24, 2.45) is 0 Å². The quantitative estimate of drug-likeness (QED) is 0.786. The molecule has 1 atom stereocenters. The summed E-state index contributed by atoms with van der Waals surface area (Å²) in [7, 11) is 1.50. The zero-order valence-electron chi connectivity index (χ0n) is 14.8. The van der Waals surface area contributed by atoms with Crippen LogP contribution in [0.1, 0.15) is 18.1 Å². The summed E-state index contributed by atoms with van der Waals surface area (Å²) in [6.07, 6.45) is -0.176. The van der Waals surface area contributed by atoms with Crippen LogP contribution in [0.4, 0.5) is 9.18 Å². The highest BCUT2D eigenvalue weighted by Gasteiger charge is 2.50. The van der Waals surface area contributed by atoms with Crippen LogP contribution >= 0.6 is 0 Å². The molecule has 2 aromatic rings. The van der Waals surface area contributed by atoms with E-state index in [0.717, 1.165) is 0 Å². The number of imide groups is 1. The first-order valence-corrected chi connectivity index (χ1v) is 8.18. The van der Waals surface area contributed by atoms with E-state index in [2.05, 4.69) is 10.7 Å². The van der Waals surface area contributed by atoms with E-state index in [1.54, 1.807) is 37.3 Å². The van der Waals surface area contributed by atoms with E-state index < -0.39 is 29.2 Å². The van der Waals surface area contributed by atoms with Crippen LogP contribution in [0.25, 0.3) is 0 Å². The molecule has 1 aliphatic heterocycles. The van der Waals surface area contributed by atoms with Crippen molar-refractivity contribution in [1.29, 1.82) is 0 Å². The van der Waals surface area contributed by atoms with Crippen molar-refractivity contribution in [3.8, 4) is 5.75 Å². The van der Waals surface area contributed by atoms with Crippen molar-refractivity contribution in [3.05, 3.63) is 65.5 Å². The van der Waals surface area contributed by atoms with Gasteiger partial charge in [0.2, 0.25) is 5.91 Å². The van der Waals surface area contributed by atoms with Crippen LogP contribution in [0, 0.1) is 5.82 Å². The second-order valence-corrected chi connectivity index (χ2v) is 6.27. The third kappa shape index (κ3) is 3.59. The Bertz CT molecular complexity index is 917. The minimum atomic E-state index is -1.35. The Morgan fingerprint density at radius 1 is 1.22 bits per heavy atom. The van der Waals surface area contributed by atoms with Gasteiger partial charge in [0.25, 0.3) is 5.91 Å². The molecule has 1 aliphatic rings. The third-order valence-electron chi connectivity index (χ3n) is 4.33. The minimum absolute atomic E-state index is 0.176. The van der Waals surface area contributed by atoms with Crippen LogP contribution in [-0.2, 0) is 21.5 Å². The van der Waals surface area contributed by atoms with Gasteiger partial charge in [-0.3, -0.25) is 15.0 Å². The maximum absolute atomic E-state index is 13.2. The predicted octanol–water partition coefficient (Wildman–Crippen LogP) is 1.88. The molecule has 4 amide bonds. The molecule has 8 heteroatoms. The topological polar surface area (TPSA) is 87.7 Å². The fourth-order valence-corrected chi connectivity index (χ4v) is 2.87. The van der Waals surface area contributed by atoms with Crippen LogP contribution in [0.5, 0.6) is 5.75 Å². The summed E-state index contributed by atoms with van der Waals surface area (Å²) >= 11 is 0. The first kappa shape index (κ1) is 18.4. The Morgan fingerprint density at radius 3 is 2.67 bits per heavy atom. The first-order valence-electron chi connectivity index (χ1n) is 8.18. The zero-order valence-corrected chi connectivity index (χ0v) is 14.8. The second kappa shape index (κ2) is 7.06. The van der Waals surface area contributed by atoms with E-state index in [4.69, 9.17) is 4.74 Å². The molecule has 1 heterocycles. The molecular formula is C19H18FN3O4. The SMILES string of the molecule is COc1cccc([C@@]2(C)NC(=O)N(NC(=O)Cc3cccc(F)c3)C2=O)c1. The van der Waals surface area contributed by atoms with Crippen molar-refractivity contribution < 1.29 is 23.5 Å². The number of benzene rings is 2. The van der Waals surface area contributed by atoms with Gasteiger partial charge < -0.3 is 10.1 Å². The molecule has 1 fully saturated rings. The summed E-state index contributed by atoms with van der Waals surface area (Å²) < 4.78 is 18.4. The number of halogens is 1. The Labute approximate surface area is 155 Å². The van der Waals surface area contributed by atoms with E-state index in [0.29, 0.717) is 21.9 Å². The number of urea groups is 1. The van der Waals surface area contributed by atoms with E-state index in [1.807, 2.05) is 0 Å². The zero-order chi connectivity index (χ0) is 19.6. The molecule has 7 nitrogen and oxygen atoms in total. The predicted molar refractivity (Wildman–Crippen MR) is 94.0 cm³/mol. The van der Waals surface area contributed by atoms with Crippen molar-refractivity contribution >= 4 is 17.8 Å². The van der Waals surface area contributed by atoms with Crippen molar-refractivity contribution in [2.45, 2.75) is 18.9 Å².